The average Bonchev–Trinajstić information content (AvgIpc) is 2.79. The Morgan fingerprint density at radius 2 is 1.61 bits per heavy atom. The molecule has 0 unspecified atom stereocenters. The molecule has 0 radical (unpaired) electrons. The Morgan fingerprint density at radius 1 is 0.871 bits per heavy atom. The lowest BCUT2D eigenvalue weighted by atomic mass is 9.93. The topological polar surface area (TPSA) is 15.7 Å². The zero-order chi connectivity index (χ0) is 21.8. The van der Waals surface area contributed by atoms with Gasteiger partial charge < -0.3 is 4.74 Å². The highest BCUT2D eigenvalue weighted by Crippen LogP contribution is 2.35. The summed E-state index contributed by atoms with van der Waals surface area (Å²) in [5.41, 5.74) is 3.97. The van der Waals surface area contributed by atoms with Crippen LogP contribution in [-0.4, -0.2) is 42.1 Å². The molecule has 0 amide bonds. The van der Waals surface area contributed by atoms with Gasteiger partial charge in [0.25, 0.3) is 0 Å². The van der Waals surface area contributed by atoms with Gasteiger partial charge in [0.05, 0.1) is 13.2 Å². The number of methoxy groups -OCH3 is 1. The maximum absolute atomic E-state index is 5.54. The highest BCUT2D eigenvalue weighted by molar-refractivity contribution is 9.10. The van der Waals surface area contributed by atoms with Crippen LogP contribution < -0.4 is 4.74 Å². The van der Waals surface area contributed by atoms with Gasteiger partial charge in [-0.1, -0.05) is 70.5 Å². The number of nitrogens with zero attached hydrogens (tertiary/aromatic N) is 2. The van der Waals surface area contributed by atoms with E-state index in [9.17, 15) is 0 Å². The molecule has 1 fully saturated rings. The third-order valence-electron chi connectivity index (χ3n) is 6.32. The van der Waals surface area contributed by atoms with Gasteiger partial charge in [0, 0.05) is 36.2 Å². The first-order valence-electron chi connectivity index (χ1n) is 11.0. The van der Waals surface area contributed by atoms with Crippen molar-refractivity contribution in [1.82, 2.24) is 9.80 Å². The van der Waals surface area contributed by atoms with Crippen LogP contribution in [-0.2, 0) is 6.54 Å². The Bertz CT molecular complexity index is 976. The molecule has 3 aromatic rings. The van der Waals surface area contributed by atoms with Gasteiger partial charge in [-0.25, -0.2) is 0 Å². The molecule has 4 rings (SSSR count). The molecule has 3 nitrogen and oxygen atoms in total. The van der Waals surface area contributed by atoms with Gasteiger partial charge in [0.1, 0.15) is 5.75 Å². The molecule has 1 aliphatic rings. The first-order valence-corrected chi connectivity index (χ1v) is 11.8. The third-order valence-corrected chi connectivity index (χ3v) is 6.85. The molecule has 1 heterocycles. The Kier molecular flexibility index (Phi) is 7.11. The smallest absolute Gasteiger partial charge is 0.119 e. The second-order valence-electron chi connectivity index (χ2n) is 8.54. The van der Waals surface area contributed by atoms with Crippen molar-refractivity contribution in [3.63, 3.8) is 0 Å². The number of piperazine rings is 1. The molecule has 0 N–H and O–H groups in total. The average molecular weight is 479 g/mol. The molecular formula is C27H31BrN2O. The Morgan fingerprint density at radius 3 is 2.32 bits per heavy atom. The van der Waals surface area contributed by atoms with Crippen molar-refractivity contribution in [3.8, 4) is 5.75 Å². The zero-order valence-corrected chi connectivity index (χ0v) is 20.1. The summed E-state index contributed by atoms with van der Waals surface area (Å²) in [4.78, 5) is 5.27. The minimum Gasteiger partial charge on any atom is -0.497 e. The minimum atomic E-state index is 0.194. The lowest BCUT2D eigenvalue weighted by molar-refractivity contribution is 0.0195. The Labute approximate surface area is 194 Å². The van der Waals surface area contributed by atoms with E-state index in [0.717, 1.165) is 29.9 Å². The van der Waals surface area contributed by atoms with Gasteiger partial charge in [0.2, 0.25) is 0 Å². The normalized spacial score (nSPS) is 21.0. The highest BCUT2D eigenvalue weighted by atomic mass is 79.9. The largest absolute Gasteiger partial charge is 0.497 e. The number of benzene rings is 3. The van der Waals surface area contributed by atoms with Crippen LogP contribution in [0.3, 0.4) is 0 Å². The molecule has 0 saturated carbocycles. The van der Waals surface area contributed by atoms with Crippen LogP contribution in [0.25, 0.3) is 0 Å². The van der Waals surface area contributed by atoms with Crippen LogP contribution in [0.5, 0.6) is 5.75 Å². The van der Waals surface area contributed by atoms with E-state index in [1.54, 1.807) is 7.11 Å². The Hall–Kier alpha value is -2.14. The maximum atomic E-state index is 5.54. The molecule has 162 valence electrons. The number of rotatable bonds is 6. The lowest BCUT2D eigenvalue weighted by Crippen LogP contribution is -2.56. The summed E-state index contributed by atoms with van der Waals surface area (Å²) in [6.07, 6.45) is 0. The summed E-state index contributed by atoms with van der Waals surface area (Å²) in [5.74, 6) is 0.906. The third kappa shape index (κ3) is 5.20. The molecule has 0 spiro atoms. The van der Waals surface area contributed by atoms with Gasteiger partial charge in [0.15, 0.2) is 0 Å². The van der Waals surface area contributed by atoms with Gasteiger partial charge in [-0.3, -0.25) is 9.80 Å². The van der Waals surface area contributed by atoms with E-state index in [0.29, 0.717) is 12.1 Å². The molecule has 0 bridgehead atoms. The molecule has 0 aromatic heterocycles. The molecule has 4 heteroatoms. The number of hydrogen-bond acceptors (Lipinski definition) is 3. The number of ether oxygens (including phenoxy) is 1. The van der Waals surface area contributed by atoms with E-state index in [1.807, 2.05) is 6.07 Å². The molecule has 3 atom stereocenters. The van der Waals surface area contributed by atoms with E-state index in [-0.39, 0.29) is 6.04 Å². The van der Waals surface area contributed by atoms with Crippen molar-refractivity contribution in [2.75, 3.05) is 20.2 Å². The standard InChI is InChI=1S/C27H31BrN2O/c1-20-18-30(21(2)17-29(20)19-22-8-5-4-6-9-22)27(23-12-14-25(28)15-13-23)24-10-7-11-26(16-24)31-3/h4-16,20-21,27H,17-19H2,1-3H3/t20-,21+,27-/m1/s1. The predicted molar refractivity (Wildman–Crippen MR) is 131 cm³/mol. The summed E-state index contributed by atoms with van der Waals surface area (Å²) in [6.45, 7) is 7.78. The van der Waals surface area contributed by atoms with Crippen LogP contribution in [0.2, 0.25) is 0 Å². The SMILES string of the molecule is COc1cccc([C@@H](c2ccc(Br)cc2)N2C[C@@H](C)N(Cc3ccccc3)C[C@@H]2C)c1. The van der Waals surface area contributed by atoms with Crippen molar-refractivity contribution in [3.05, 3.63) is 100 Å². The maximum Gasteiger partial charge on any atom is 0.119 e. The lowest BCUT2D eigenvalue weighted by Gasteiger charge is -2.47. The van der Waals surface area contributed by atoms with Crippen molar-refractivity contribution in [1.29, 1.82) is 0 Å². The fraction of sp³-hybridized carbons (Fsp3) is 0.333. The molecule has 3 aromatic carbocycles. The summed E-state index contributed by atoms with van der Waals surface area (Å²) in [6, 6.07) is 29.2. The summed E-state index contributed by atoms with van der Waals surface area (Å²) in [5, 5.41) is 0. The summed E-state index contributed by atoms with van der Waals surface area (Å²) >= 11 is 3.59. The quantitative estimate of drug-likeness (QED) is 0.422. The van der Waals surface area contributed by atoms with Gasteiger partial charge in [-0.2, -0.15) is 0 Å². The van der Waals surface area contributed by atoms with Gasteiger partial charge in [-0.05, 0) is 54.8 Å². The number of hydrogen-bond donors (Lipinski definition) is 0. The highest BCUT2D eigenvalue weighted by Gasteiger charge is 2.34. The first-order chi connectivity index (χ1) is 15.0. The monoisotopic (exact) mass is 478 g/mol. The van der Waals surface area contributed by atoms with Crippen molar-refractivity contribution < 1.29 is 4.74 Å². The second-order valence-corrected chi connectivity index (χ2v) is 9.46. The van der Waals surface area contributed by atoms with Crippen LogP contribution >= 0.6 is 15.9 Å². The Balaban J connectivity index is 1.63. The van der Waals surface area contributed by atoms with Crippen LogP contribution in [0.4, 0.5) is 0 Å². The molecule has 1 aliphatic heterocycles. The minimum absolute atomic E-state index is 0.194. The summed E-state index contributed by atoms with van der Waals surface area (Å²) < 4.78 is 6.65. The van der Waals surface area contributed by atoms with E-state index in [4.69, 9.17) is 4.74 Å². The van der Waals surface area contributed by atoms with Crippen molar-refractivity contribution in [2.24, 2.45) is 0 Å². The van der Waals surface area contributed by atoms with Gasteiger partial charge >= 0.3 is 0 Å². The van der Waals surface area contributed by atoms with E-state index in [2.05, 4.69) is 112 Å². The van der Waals surface area contributed by atoms with Crippen LogP contribution in [0, 0.1) is 0 Å². The second kappa shape index (κ2) is 9.99. The molecule has 31 heavy (non-hydrogen) atoms. The van der Waals surface area contributed by atoms with Crippen molar-refractivity contribution >= 4 is 15.9 Å². The van der Waals surface area contributed by atoms with E-state index < -0.39 is 0 Å². The first kappa shape index (κ1) is 22.1. The van der Waals surface area contributed by atoms with E-state index in [1.165, 1.54) is 16.7 Å². The van der Waals surface area contributed by atoms with Gasteiger partial charge in [-0.15, -0.1) is 0 Å². The van der Waals surface area contributed by atoms with E-state index >= 15 is 0 Å². The fourth-order valence-corrected chi connectivity index (χ4v) is 4.92. The fourth-order valence-electron chi connectivity index (χ4n) is 4.65. The molecule has 0 aliphatic carbocycles. The molecule has 1 saturated heterocycles. The zero-order valence-electron chi connectivity index (χ0n) is 18.5. The van der Waals surface area contributed by atoms with Crippen LogP contribution in [0.15, 0.2) is 83.3 Å². The van der Waals surface area contributed by atoms with Crippen LogP contribution in [0.1, 0.15) is 36.6 Å². The predicted octanol–water partition coefficient (Wildman–Crippen LogP) is 6.14. The molecular weight excluding hydrogens is 448 g/mol. The summed E-state index contributed by atoms with van der Waals surface area (Å²) in [7, 11) is 1.74. The number of halogens is 1. The van der Waals surface area contributed by atoms with Crippen molar-refractivity contribution in [2.45, 2.75) is 38.5 Å².